The van der Waals surface area contributed by atoms with Gasteiger partial charge in [-0.15, -0.1) is 0 Å². The molecule has 2 aliphatic rings. The minimum Gasteiger partial charge on any atom is -0.456 e. The van der Waals surface area contributed by atoms with Crippen LogP contribution in [0.15, 0.2) is 71.1 Å². The summed E-state index contributed by atoms with van der Waals surface area (Å²) in [5.41, 5.74) is 15.4. The summed E-state index contributed by atoms with van der Waals surface area (Å²) >= 11 is 0. The third kappa shape index (κ3) is 10.1. The van der Waals surface area contributed by atoms with E-state index in [9.17, 15) is 4.79 Å². The summed E-state index contributed by atoms with van der Waals surface area (Å²) in [4.78, 5) is 13.2. The van der Waals surface area contributed by atoms with Crippen LogP contribution in [0.1, 0.15) is 73.1 Å². The quantitative estimate of drug-likeness (QED) is 0.0490. The average molecular weight is 601 g/mol. The van der Waals surface area contributed by atoms with Crippen LogP contribution in [0.4, 0.5) is 5.69 Å². The summed E-state index contributed by atoms with van der Waals surface area (Å²) in [6, 6.07) is 23.9. The molecule has 238 valence electrons. The normalized spacial score (nSPS) is 10.4. The zero-order valence-corrected chi connectivity index (χ0v) is 27.8. The number of hydrogen-bond donors (Lipinski definition) is 3. The lowest BCUT2D eigenvalue weighted by atomic mass is 9.93. The lowest BCUT2D eigenvalue weighted by Gasteiger charge is -2.22. The molecule has 44 heavy (non-hydrogen) atoms. The number of anilines is 1. The van der Waals surface area contributed by atoms with Gasteiger partial charge in [-0.1, -0.05) is 43.7 Å². The number of nitrogens with one attached hydrogen (secondary N) is 1. The Hall–Kier alpha value is -3.97. The van der Waals surface area contributed by atoms with Crippen molar-refractivity contribution in [2.24, 2.45) is 11.5 Å². The van der Waals surface area contributed by atoms with Gasteiger partial charge in [0.25, 0.3) is 0 Å². The second kappa shape index (κ2) is 19.3. The number of fused-ring (bicyclic) bond motifs is 2. The standard InChI is InChI=1S/C27H31N2O.C9H18N2O.CH5N/c1-5-28(6-2)21-14-16-23-25(18-21)30-26-19-22(29(7-3)8-4)15-17-24(26)27(23)20-12-10-9-11-13-20;1-2-8(12)6-4-3-5-7-9(10)11;1-2/h9-19H,5-8H2,1-4H3;2-7H2,1H3,(H3,10,11);2H2,1H3/q+1;;. The monoisotopic (exact) mass is 600 g/mol. The summed E-state index contributed by atoms with van der Waals surface area (Å²) in [6.07, 6.45) is 4.89. The number of amidine groups is 1. The van der Waals surface area contributed by atoms with Crippen LogP contribution in [0, 0.1) is 5.41 Å². The summed E-state index contributed by atoms with van der Waals surface area (Å²) in [5, 5.41) is 9.32. The summed E-state index contributed by atoms with van der Waals surface area (Å²) < 4.78 is 8.87. The topological polar surface area (TPSA) is 112 Å². The van der Waals surface area contributed by atoms with E-state index in [0.29, 0.717) is 25.0 Å². The molecular weight excluding hydrogens is 546 g/mol. The van der Waals surface area contributed by atoms with E-state index >= 15 is 0 Å². The Bertz CT molecular complexity index is 1480. The van der Waals surface area contributed by atoms with Gasteiger partial charge in [-0.2, -0.15) is 0 Å². The highest BCUT2D eigenvalue weighted by Gasteiger charge is 2.19. The highest BCUT2D eigenvalue weighted by Crippen LogP contribution is 2.40. The predicted molar refractivity (Wildman–Crippen MR) is 189 cm³/mol. The third-order valence-electron chi connectivity index (χ3n) is 7.80. The van der Waals surface area contributed by atoms with Gasteiger partial charge in [-0.05, 0) is 71.3 Å². The van der Waals surface area contributed by atoms with Crippen molar-refractivity contribution in [1.29, 1.82) is 5.41 Å². The first-order chi connectivity index (χ1) is 21.4. The maximum absolute atomic E-state index is 10.8. The van der Waals surface area contributed by atoms with E-state index in [1.807, 2.05) is 6.92 Å². The van der Waals surface area contributed by atoms with Gasteiger partial charge in [0, 0.05) is 66.7 Å². The van der Waals surface area contributed by atoms with Gasteiger partial charge < -0.3 is 20.8 Å². The Kier molecular flexibility index (Phi) is 15.9. The van der Waals surface area contributed by atoms with Gasteiger partial charge in [-0.3, -0.25) is 10.2 Å². The van der Waals surface area contributed by atoms with Crippen LogP contribution in [0.5, 0.6) is 0 Å². The highest BCUT2D eigenvalue weighted by atomic mass is 16.3. The minimum atomic E-state index is 0.247. The molecule has 1 aliphatic carbocycles. The molecule has 0 saturated carbocycles. The van der Waals surface area contributed by atoms with Crippen molar-refractivity contribution in [3.63, 3.8) is 0 Å². The first kappa shape index (κ1) is 36.2. The van der Waals surface area contributed by atoms with Gasteiger partial charge in [0.15, 0.2) is 0 Å². The number of Topliss-reactive ketones (excluding diaryl/α,β-unsaturated/α-hetero) is 1. The number of carbonyl (C=O) groups is 1. The maximum Gasteiger partial charge on any atom is 0.203 e. The number of nitrogens with two attached hydrogens (primary N) is 2. The third-order valence-corrected chi connectivity index (χ3v) is 7.80. The van der Waals surface area contributed by atoms with Crippen LogP contribution < -0.4 is 26.3 Å². The first-order valence-electron chi connectivity index (χ1n) is 16.2. The van der Waals surface area contributed by atoms with Crippen molar-refractivity contribution < 1.29 is 9.21 Å². The second-order valence-electron chi connectivity index (χ2n) is 10.5. The Morgan fingerprint density at radius 3 is 2.09 bits per heavy atom. The van der Waals surface area contributed by atoms with Gasteiger partial charge >= 0.3 is 0 Å². The highest BCUT2D eigenvalue weighted by molar-refractivity contribution is 6.02. The molecule has 5 N–H and O–H groups in total. The van der Waals surface area contributed by atoms with E-state index in [2.05, 4.69) is 110 Å². The Morgan fingerprint density at radius 2 is 1.50 bits per heavy atom. The van der Waals surface area contributed by atoms with Crippen molar-refractivity contribution in [1.82, 2.24) is 4.58 Å². The first-order valence-corrected chi connectivity index (χ1v) is 16.2. The SMILES string of the molecule is CCC(=O)CCCCCC(=N)N.CCN(CC)c1ccc2c(-c3ccccc3)c3ccc(=[N+](CC)CC)cc-3oc2c1.CN. The molecule has 0 spiro atoms. The molecular formula is C37H54N5O2+. The molecule has 4 rings (SSSR count). The lowest BCUT2D eigenvalue weighted by molar-refractivity contribution is -0.118. The predicted octanol–water partition coefficient (Wildman–Crippen LogP) is 7.29. The number of nitrogens with zero attached hydrogens (tertiary/aromatic N) is 2. The molecule has 0 atom stereocenters. The molecule has 0 amide bonds. The van der Waals surface area contributed by atoms with E-state index < -0.39 is 0 Å². The summed E-state index contributed by atoms with van der Waals surface area (Å²) in [6.45, 7) is 14.6. The van der Waals surface area contributed by atoms with Crippen molar-refractivity contribution in [3.05, 3.63) is 72.1 Å². The van der Waals surface area contributed by atoms with Crippen molar-refractivity contribution in [2.45, 2.75) is 73.1 Å². The molecule has 2 aromatic rings. The Morgan fingerprint density at radius 1 is 0.841 bits per heavy atom. The van der Waals surface area contributed by atoms with Crippen LogP contribution in [0.3, 0.4) is 0 Å². The van der Waals surface area contributed by atoms with Gasteiger partial charge in [-0.25, -0.2) is 4.58 Å². The smallest absolute Gasteiger partial charge is 0.203 e. The zero-order chi connectivity index (χ0) is 32.5. The summed E-state index contributed by atoms with van der Waals surface area (Å²) in [5.74, 6) is 1.51. The summed E-state index contributed by atoms with van der Waals surface area (Å²) in [7, 11) is 1.50. The number of benzene rings is 3. The van der Waals surface area contributed by atoms with Crippen molar-refractivity contribution in [3.8, 4) is 22.5 Å². The fourth-order valence-electron chi connectivity index (χ4n) is 5.35. The molecule has 0 fully saturated rings. The largest absolute Gasteiger partial charge is 0.456 e. The number of ketones is 1. The minimum absolute atomic E-state index is 0.247. The molecule has 0 aromatic heterocycles. The molecule has 2 aromatic carbocycles. The maximum atomic E-state index is 10.8. The van der Waals surface area contributed by atoms with E-state index in [1.165, 1.54) is 29.2 Å². The molecule has 7 nitrogen and oxygen atoms in total. The molecule has 0 saturated heterocycles. The number of carbonyl (C=O) groups excluding carboxylic acids is 1. The molecule has 7 heteroatoms. The van der Waals surface area contributed by atoms with Gasteiger partial charge in [0.1, 0.15) is 30.2 Å². The van der Waals surface area contributed by atoms with Gasteiger partial charge in [0.2, 0.25) is 5.36 Å². The van der Waals surface area contributed by atoms with Crippen molar-refractivity contribution in [2.75, 3.05) is 38.1 Å². The fourth-order valence-corrected chi connectivity index (χ4v) is 5.35. The van der Waals surface area contributed by atoms with Crippen LogP contribution in [0.2, 0.25) is 0 Å². The number of unbranched alkanes of at least 4 members (excludes halogenated alkanes) is 2. The van der Waals surface area contributed by atoms with Crippen molar-refractivity contribution >= 4 is 28.3 Å². The fraction of sp³-hybridized carbons (Fsp3) is 0.432. The molecule has 0 bridgehead atoms. The average Bonchev–Trinajstić information content (AvgIpc) is 3.06. The van der Waals surface area contributed by atoms with E-state index in [4.69, 9.17) is 15.6 Å². The number of hydrogen-bond acceptors (Lipinski definition) is 5. The molecule has 0 radical (unpaired) electrons. The van der Waals surface area contributed by atoms with Gasteiger partial charge in [0.05, 0.1) is 11.9 Å². The van der Waals surface area contributed by atoms with Crippen LogP contribution in [-0.2, 0) is 4.79 Å². The second-order valence-corrected chi connectivity index (χ2v) is 10.5. The van der Waals surface area contributed by atoms with Crippen LogP contribution in [-0.4, -0.2) is 44.8 Å². The van der Waals surface area contributed by atoms with E-state index in [-0.39, 0.29) is 5.84 Å². The lowest BCUT2D eigenvalue weighted by Crippen LogP contribution is -2.29. The molecule has 0 unspecified atom stereocenters. The van der Waals surface area contributed by atoms with E-state index in [1.54, 1.807) is 0 Å². The Balaban J connectivity index is 0.000000409. The van der Waals surface area contributed by atoms with E-state index in [0.717, 1.165) is 67.7 Å². The van der Waals surface area contributed by atoms with Crippen LogP contribution >= 0.6 is 0 Å². The zero-order valence-electron chi connectivity index (χ0n) is 27.8. The van der Waals surface area contributed by atoms with Crippen LogP contribution in [0.25, 0.3) is 33.4 Å². The Labute approximate surface area is 264 Å². The molecule has 1 heterocycles. The number of rotatable bonds is 13. The molecule has 1 aliphatic heterocycles.